The van der Waals surface area contributed by atoms with E-state index in [2.05, 4.69) is 14.9 Å². The Morgan fingerprint density at radius 2 is 1.94 bits per heavy atom. The molecule has 0 amide bonds. The lowest BCUT2D eigenvalue weighted by molar-refractivity contribution is -0.274. The molecule has 1 fully saturated rings. The summed E-state index contributed by atoms with van der Waals surface area (Å²) in [6.45, 7) is 1.43. The van der Waals surface area contributed by atoms with Crippen molar-refractivity contribution in [3.8, 4) is 11.4 Å². The van der Waals surface area contributed by atoms with Crippen LogP contribution in [0, 0.1) is 0 Å². The van der Waals surface area contributed by atoms with Crippen molar-refractivity contribution in [3.63, 3.8) is 0 Å². The summed E-state index contributed by atoms with van der Waals surface area (Å²) in [5.74, 6) is -0.330. The van der Waals surface area contributed by atoms with Gasteiger partial charge in [-0.1, -0.05) is 23.7 Å². The van der Waals surface area contributed by atoms with E-state index in [-0.39, 0.29) is 16.5 Å². The Balaban J connectivity index is 1.41. The first-order valence-electron chi connectivity index (χ1n) is 10.9. The van der Waals surface area contributed by atoms with Crippen LogP contribution in [0.2, 0.25) is 5.02 Å². The Kier molecular flexibility index (Phi) is 5.98. The summed E-state index contributed by atoms with van der Waals surface area (Å²) >= 11 is 6.45. The van der Waals surface area contributed by atoms with Gasteiger partial charge in [0.25, 0.3) is 5.56 Å². The van der Waals surface area contributed by atoms with Crippen molar-refractivity contribution in [2.45, 2.75) is 44.8 Å². The van der Waals surface area contributed by atoms with Crippen LogP contribution >= 0.6 is 11.6 Å². The Hall–Kier alpha value is -3.05. The van der Waals surface area contributed by atoms with Crippen LogP contribution in [-0.4, -0.2) is 39.1 Å². The molecule has 0 aliphatic carbocycles. The lowest BCUT2D eigenvalue weighted by atomic mass is 10.1. The SMILES string of the molecule is O=c1c(Cl)c(N2CCc3c(cnn3-c3ccccc3OC(F)(F)F)C2)cnn1C1CCCCO1. The highest BCUT2D eigenvalue weighted by Gasteiger charge is 2.33. The van der Waals surface area contributed by atoms with Gasteiger partial charge in [-0.3, -0.25) is 4.79 Å². The van der Waals surface area contributed by atoms with Crippen LogP contribution in [0.1, 0.15) is 36.7 Å². The molecule has 1 aromatic carbocycles. The minimum atomic E-state index is -4.81. The van der Waals surface area contributed by atoms with Crippen molar-refractivity contribution < 1.29 is 22.6 Å². The molecule has 12 heteroatoms. The number of ether oxygens (including phenoxy) is 2. The molecule has 34 heavy (non-hydrogen) atoms. The maximum Gasteiger partial charge on any atom is 0.573 e. The minimum absolute atomic E-state index is 0.0592. The highest BCUT2D eigenvalue weighted by atomic mass is 35.5. The van der Waals surface area contributed by atoms with Gasteiger partial charge in [0.15, 0.2) is 12.0 Å². The van der Waals surface area contributed by atoms with Gasteiger partial charge in [0, 0.05) is 31.7 Å². The number of nitrogens with zero attached hydrogens (tertiary/aromatic N) is 5. The van der Waals surface area contributed by atoms with Crippen molar-refractivity contribution in [1.29, 1.82) is 0 Å². The third-order valence-corrected chi connectivity index (χ3v) is 6.30. The number of para-hydroxylation sites is 2. The van der Waals surface area contributed by atoms with Gasteiger partial charge in [-0.25, -0.2) is 4.68 Å². The van der Waals surface area contributed by atoms with Crippen LogP contribution in [0.3, 0.4) is 0 Å². The van der Waals surface area contributed by atoms with E-state index in [1.54, 1.807) is 18.5 Å². The standard InChI is InChI=1S/C22H21ClF3N5O3/c23-20-17(12-28-31(21(20)32)19-7-3-4-10-33-19)29-9-8-15-14(13-29)11-27-30(15)16-5-1-2-6-18(16)34-22(24,25)26/h1-2,5-6,11-12,19H,3-4,7-10,13H2. The fraction of sp³-hybridized carbons (Fsp3) is 0.409. The monoisotopic (exact) mass is 495 g/mol. The van der Waals surface area contributed by atoms with Gasteiger partial charge in [-0.15, -0.1) is 13.2 Å². The zero-order valence-electron chi connectivity index (χ0n) is 18.0. The van der Waals surface area contributed by atoms with Crippen molar-refractivity contribution >= 4 is 17.3 Å². The van der Waals surface area contributed by atoms with E-state index >= 15 is 0 Å². The van der Waals surface area contributed by atoms with Crippen LogP contribution in [0.15, 0.2) is 41.5 Å². The number of alkyl halides is 3. The molecular weight excluding hydrogens is 475 g/mol. The largest absolute Gasteiger partial charge is 0.573 e. The van der Waals surface area contributed by atoms with Crippen LogP contribution in [0.4, 0.5) is 18.9 Å². The number of halogens is 4. The molecule has 2 aliphatic heterocycles. The summed E-state index contributed by atoms with van der Waals surface area (Å²) in [5, 5.41) is 8.67. The molecule has 0 spiro atoms. The molecule has 1 unspecified atom stereocenters. The molecule has 1 atom stereocenters. The predicted octanol–water partition coefficient (Wildman–Crippen LogP) is 4.24. The third-order valence-electron chi connectivity index (χ3n) is 5.95. The van der Waals surface area contributed by atoms with E-state index in [1.165, 1.54) is 27.6 Å². The van der Waals surface area contributed by atoms with E-state index in [4.69, 9.17) is 16.3 Å². The second-order valence-corrected chi connectivity index (χ2v) is 8.51. The second kappa shape index (κ2) is 8.95. The van der Waals surface area contributed by atoms with Gasteiger partial charge in [0.05, 0.1) is 23.8 Å². The smallest absolute Gasteiger partial charge is 0.403 e. The van der Waals surface area contributed by atoms with Crippen LogP contribution < -0.4 is 15.2 Å². The number of anilines is 1. The molecule has 5 rings (SSSR count). The Morgan fingerprint density at radius 1 is 1.12 bits per heavy atom. The van der Waals surface area contributed by atoms with E-state index < -0.39 is 18.1 Å². The normalized spacial score (nSPS) is 18.6. The minimum Gasteiger partial charge on any atom is -0.403 e. The highest BCUT2D eigenvalue weighted by molar-refractivity contribution is 6.33. The number of rotatable bonds is 4. The lowest BCUT2D eigenvalue weighted by Gasteiger charge is -2.30. The summed E-state index contributed by atoms with van der Waals surface area (Å²) in [6, 6.07) is 5.87. The van der Waals surface area contributed by atoms with Crippen molar-refractivity contribution in [2.24, 2.45) is 0 Å². The molecule has 2 aromatic heterocycles. The molecule has 180 valence electrons. The first-order chi connectivity index (χ1) is 16.3. The van der Waals surface area contributed by atoms with Gasteiger partial charge in [0.1, 0.15) is 10.7 Å². The van der Waals surface area contributed by atoms with E-state index in [1.807, 2.05) is 4.90 Å². The second-order valence-electron chi connectivity index (χ2n) is 8.13. The molecule has 4 heterocycles. The van der Waals surface area contributed by atoms with Crippen LogP contribution in [0.5, 0.6) is 5.75 Å². The lowest BCUT2D eigenvalue weighted by Crippen LogP contribution is -2.35. The summed E-state index contributed by atoms with van der Waals surface area (Å²) in [4.78, 5) is 14.8. The molecule has 2 aliphatic rings. The summed E-state index contributed by atoms with van der Waals surface area (Å²) in [7, 11) is 0. The quantitative estimate of drug-likeness (QED) is 0.539. The fourth-order valence-corrected chi connectivity index (χ4v) is 4.62. The number of aromatic nitrogens is 4. The number of hydrogen-bond acceptors (Lipinski definition) is 6. The van der Waals surface area contributed by atoms with Crippen LogP contribution in [0.25, 0.3) is 5.69 Å². The molecule has 3 aromatic rings. The molecule has 0 bridgehead atoms. The van der Waals surface area contributed by atoms with Crippen LogP contribution in [-0.2, 0) is 17.7 Å². The first-order valence-corrected chi connectivity index (χ1v) is 11.2. The fourth-order valence-electron chi connectivity index (χ4n) is 4.37. The maximum absolute atomic E-state index is 12.9. The van der Waals surface area contributed by atoms with Crippen molar-refractivity contribution in [2.75, 3.05) is 18.1 Å². The number of fused-ring (bicyclic) bond motifs is 1. The van der Waals surface area contributed by atoms with E-state index in [0.717, 1.165) is 24.1 Å². The predicted molar refractivity (Wildman–Crippen MR) is 117 cm³/mol. The highest BCUT2D eigenvalue weighted by Crippen LogP contribution is 2.33. The maximum atomic E-state index is 12.9. The average molecular weight is 496 g/mol. The van der Waals surface area contributed by atoms with Crippen molar-refractivity contribution in [3.05, 3.63) is 63.3 Å². The molecule has 0 N–H and O–H groups in total. The summed E-state index contributed by atoms with van der Waals surface area (Å²) < 4.78 is 51.1. The van der Waals surface area contributed by atoms with Gasteiger partial charge < -0.3 is 14.4 Å². The Bertz CT molecular complexity index is 1250. The Labute approximate surface area is 197 Å². The molecule has 8 nitrogen and oxygen atoms in total. The first kappa shape index (κ1) is 22.7. The van der Waals surface area contributed by atoms with E-state index in [0.29, 0.717) is 38.2 Å². The molecule has 0 saturated carbocycles. The summed E-state index contributed by atoms with van der Waals surface area (Å²) in [6.07, 6.45) is 1.01. The topological polar surface area (TPSA) is 74.4 Å². The van der Waals surface area contributed by atoms with E-state index in [9.17, 15) is 18.0 Å². The molecular formula is C22H21ClF3N5O3. The molecule has 1 saturated heterocycles. The van der Waals surface area contributed by atoms with Crippen molar-refractivity contribution in [1.82, 2.24) is 19.6 Å². The molecule has 0 radical (unpaired) electrons. The zero-order valence-corrected chi connectivity index (χ0v) is 18.7. The Morgan fingerprint density at radius 3 is 2.71 bits per heavy atom. The average Bonchev–Trinajstić information content (AvgIpc) is 3.24. The third kappa shape index (κ3) is 4.37. The van der Waals surface area contributed by atoms with Gasteiger partial charge in [-0.2, -0.15) is 14.9 Å². The van der Waals surface area contributed by atoms with Gasteiger partial charge in [0.2, 0.25) is 0 Å². The van der Waals surface area contributed by atoms with Gasteiger partial charge in [-0.05, 0) is 31.4 Å². The zero-order chi connectivity index (χ0) is 23.9. The number of benzene rings is 1. The number of hydrogen-bond donors (Lipinski definition) is 0. The van der Waals surface area contributed by atoms with Gasteiger partial charge >= 0.3 is 6.36 Å². The summed E-state index contributed by atoms with van der Waals surface area (Å²) in [5.41, 5.74) is 1.86.